The van der Waals surface area contributed by atoms with Crippen LogP contribution in [-0.4, -0.2) is 60.0 Å². The number of nitrogens with one attached hydrogen (secondary N) is 2. The van der Waals surface area contributed by atoms with Crippen LogP contribution >= 0.6 is 11.8 Å². The van der Waals surface area contributed by atoms with E-state index in [1.54, 1.807) is 0 Å². The molecule has 1 aliphatic carbocycles. The first-order valence-electron chi connectivity index (χ1n) is 9.50. The summed E-state index contributed by atoms with van der Waals surface area (Å²) >= 11 is 1.81. The maximum absolute atomic E-state index is 10.5. The highest BCUT2D eigenvalue weighted by atomic mass is 32.2. The molecule has 5 nitrogen and oxygen atoms in total. The number of aliphatic hydroxyl groups is 1. The minimum absolute atomic E-state index is 0.187. The van der Waals surface area contributed by atoms with Crippen molar-refractivity contribution in [3.8, 4) is 0 Å². The predicted octanol–water partition coefficient (Wildman–Crippen LogP) is 2.39. The van der Waals surface area contributed by atoms with E-state index in [9.17, 15) is 5.11 Å². The van der Waals surface area contributed by atoms with E-state index in [0.717, 1.165) is 56.3 Å². The van der Waals surface area contributed by atoms with Gasteiger partial charge in [0.05, 0.1) is 18.2 Å². The molecule has 0 amide bonds. The average Bonchev–Trinajstić information content (AvgIpc) is 3.00. The lowest BCUT2D eigenvalue weighted by atomic mass is 9.58. The largest absolute Gasteiger partial charge is 0.387 e. The molecular formula is C18H35N3O2S. The van der Waals surface area contributed by atoms with E-state index >= 15 is 0 Å². The van der Waals surface area contributed by atoms with E-state index in [4.69, 9.17) is 4.74 Å². The summed E-state index contributed by atoms with van der Waals surface area (Å²) in [4.78, 5) is 4.68. The van der Waals surface area contributed by atoms with E-state index < -0.39 is 5.60 Å². The van der Waals surface area contributed by atoms with Gasteiger partial charge in [0.15, 0.2) is 5.96 Å². The zero-order chi connectivity index (χ0) is 17.6. The number of ether oxygens (including phenoxy) is 1. The fraction of sp³-hybridized carbons (Fsp3) is 0.944. The molecule has 3 unspecified atom stereocenters. The molecule has 1 saturated carbocycles. The summed E-state index contributed by atoms with van der Waals surface area (Å²) in [6.45, 7) is 10.7. The van der Waals surface area contributed by atoms with Crippen LogP contribution in [0.15, 0.2) is 4.99 Å². The standard InChI is InChI=1S/C18H35N3O2S/c1-5-18(6-2)14(11-15(18)23-8-4)21-16(19-7-3)20-12-17(22)9-10-24-13-17/h14-15,22H,5-13H2,1-4H3,(H2,19,20,21). The van der Waals surface area contributed by atoms with Gasteiger partial charge in [-0.3, -0.25) is 4.99 Å². The lowest BCUT2D eigenvalue weighted by Crippen LogP contribution is -2.65. The van der Waals surface area contributed by atoms with Crippen molar-refractivity contribution in [3.63, 3.8) is 0 Å². The topological polar surface area (TPSA) is 65.9 Å². The van der Waals surface area contributed by atoms with Crippen molar-refractivity contribution in [2.75, 3.05) is 31.2 Å². The van der Waals surface area contributed by atoms with Gasteiger partial charge >= 0.3 is 0 Å². The average molecular weight is 358 g/mol. The number of rotatable bonds is 8. The Labute approximate surface area is 151 Å². The van der Waals surface area contributed by atoms with E-state index in [1.807, 2.05) is 11.8 Å². The number of guanidine groups is 1. The molecule has 2 aliphatic rings. The molecule has 3 atom stereocenters. The van der Waals surface area contributed by atoms with Crippen LogP contribution < -0.4 is 10.6 Å². The molecule has 1 saturated heterocycles. The fourth-order valence-corrected chi connectivity index (χ4v) is 5.30. The van der Waals surface area contributed by atoms with Crippen LogP contribution in [0.1, 0.15) is 53.4 Å². The molecule has 2 rings (SSSR count). The van der Waals surface area contributed by atoms with Gasteiger partial charge in [0, 0.05) is 30.4 Å². The molecule has 0 bridgehead atoms. The predicted molar refractivity (Wildman–Crippen MR) is 103 cm³/mol. The van der Waals surface area contributed by atoms with Gasteiger partial charge in [-0.05, 0) is 45.3 Å². The summed E-state index contributed by atoms with van der Waals surface area (Å²) in [6.07, 6.45) is 4.41. The third-order valence-electron chi connectivity index (χ3n) is 5.74. The van der Waals surface area contributed by atoms with Gasteiger partial charge < -0.3 is 20.5 Å². The summed E-state index contributed by atoms with van der Waals surface area (Å²) in [5.41, 5.74) is -0.445. The van der Waals surface area contributed by atoms with Crippen LogP contribution in [0.25, 0.3) is 0 Å². The van der Waals surface area contributed by atoms with Gasteiger partial charge in [-0.1, -0.05) is 13.8 Å². The summed E-state index contributed by atoms with van der Waals surface area (Å²) in [5, 5.41) is 17.5. The van der Waals surface area contributed by atoms with Gasteiger partial charge in [-0.25, -0.2) is 0 Å². The lowest BCUT2D eigenvalue weighted by molar-refractivity contribution is -0.133. The number of thioether (sulfide) groups is 1. The lowest BCUT2D eigenvalue weighted by Gasteiger charge is -2.55. The Kier molecular flexibility index (Phi) is 7.25. The summed E-state index contributed by atoms with van der Waals surface area (Å²) in [7, 11) is 0. The Hall–Kier alpha value is -0.460. The zero-order valence-electron chi connectivity index (χ0n) is 15.7. The Bertz CT molecular complexity index is 420. The summed E-state index contributed by atoms with van der Waals surface area (Å²) in [6, 6.07) is 0.384. The Balaban J connectivity index is 2.01. The highest BCUT2D eigenvalue weighted by Gasteiger charge is 2.53. The molecule has 3 N–H and O–H groups in total. The van der Waals surface area contributed by atoms with Crippen LogP contribution in [0.2, 0.25) is 0 Å². The number of nitrogens with zero attached hydrogens (tertiary/aromatic N) is 1. The second-order valence-electron chi connectivity index (χ2n) is 7.04. The minimum atomic E-state index is -0.632. The molecule has 140 valence electrons. The first-order valence-corrected chi connectivity index (χ1v) is 10.7. The monoisotopic (exact) mass is 357 g/mol. The van der Waals surface area contributed by atoms with Crippen molar-refractivity contribution in [3.05, 3.63) is 0 Å². The van der Waals surface area contributed by atoms with Crippen molar-refractivity contribution in [2.45, 2.75) is 71.1 Å². The van der Waals surface area contributed by atoms with Crippen molar-refractivity contribution in [2.24, 2.45) is 10.4 Å². The molecule has 0 radical (unpaired) electrons. The normalized spacial score (nSPS) is 32.5. The maximum atomic E-state index is 10.5. The van der Waals surface area contributed by atoms with Crippen LogP contribution in [-0.2, 0) is 4.74 Å². The van der Waals surface area contributed by atoms with E-state index in [2.05, 4.69) is 43.3 Å². The molecule has 0 aromatic heterocycles. The fourth-order valence-electron chi connectivity index (χ4n) is 4.02. The minimum Gasteiger partial charge on any atom is -0.387 e. The summed E-state index contributed by atoms with van der Waals surface area (Å²) < 4.78 is 5.96. The highest BCUT2D eigenvalue weighted by Crippen LogP contribution is 2.48. The second kappa shape index (κ2) is 8.77. The molecule has 6 heteroatoms. The first-order chi connectivity index (χ1) is 11.5. The Morgan fingerprint density at radius 3 is 2.58 bits per heavy atom. The first kappa shape index (κ1) is 19.9. The highest BCUT2D eigenvalue weighted by molar-refractivity contribution is 7.99. The zero-order valence-corrected chi connectivity index (χ0v) is 16.5. The van der Waals surface area contributed by atoms with Crippen LogP contribution in [0, 0.1) is 5.41 Å². The van der Waals surface area contributed by atoms with Crippen molar-refractivity contribution in [1.82, 2.24) is 10.6 Å². The third kappa shape index (κ3) is 4.20. The van der Waals surface area contributed by atoms with Crippen molar-refractivity contribution >= 4 is 17.7 Å². The molecule has 1 heterocycles. The second-order valence-corrected chi connectivity index (χ2v) is 8.14. The molecule has 0 aromatic carbocycles. The van der Waals surface area contributed by atoms with Crippen molar-refractivity contribution < 1.29 is 9.84 Å². The molecule has 24 heavy (non-hydrogen) atoms. The van der Waals surface area contributed by atoms with Crippen LogP contribution in [0.4, 0.5) is 0 Å². The number of aliphatic imine (C=N–C) groups is 1. The van der Waals surface area contributed by atoms with Gasteiger partial charge in [-0.15, -0.1) is 0 Å². The van der Waals surface area contributed by atoms with Crippen LogP contribution in [0.5, 0.6) is 0 Å². The van der Waals surface area contributed by atoms with Crippen LogP contribution in [0.3, 0.4) is 0 Å². The molecule has 0 spiro atoms. The van der Waals surface area contributed by atoms with Gasteiger partial charge in [0.2, 0.25) is 0 Å². The smallest absolute Gasteiger partial charge is 0.191 e. The van der Waals surface area contributed by atoms with Gasteiger partial charge in [0.25, 0.3) is 0 Å². The Morgan fingerprint density at radius 1 is 1.29 bits per heavy atom. The quantitative estimate of drug-likeness (QED) is 0.460. The third-order valence-corrected chi connectivity index (χ3v) is 6.97. The maximum Gasteiger partial charge on any atom is 0.191 e. The molecular weight excluding hydrogens is 322 g/mol. The van der Waals surface area contributed by atoms with E-state index in [1.165, 1.54) is 0 Å². The van der Waals surface area contributed by atoms with Gasteiger partial charge in [0.1, 0.15) is 0 Å². The molecule has 0 aromatic rings. The van der Waals surface area contributed by atoms with E-state index in [-0.39, 0.29) is 5.41 Å². The van der Waals surface area contributed by atoms with E-state index in [0.29, 0.717) is 18.7 Å². The number of hydrogen-bond acceptors (Lipinski definition) is 4. The summed E-state index contributed by atoms with van der Waals surface area (Å²) in [5.74, 6) is 2.65. The molecule has 1 aliphatic heterocycles. The number of hydrogen-bond donors (Lipinski definition) is 3. The molecule has 2 fully saturated rings. The Morgan fingerprint density at radius 2 is 2.04 bits per heavy atom. The SMILES string of the molecule is CCNC(=NCC1(O)CCSC1)NC1CC(OCC)C1(CC)CC. The van der Waals surface area contributed by atoms with Gasteiger partial charge in [-0.2, -0.15) is 11.8 Å². The van der Waals surface area contributed by atoms with Crippen molar-refractivity contribution in [1.29, 1.82) is 0 Å².